The van der Waals surface area contributed by atoms with E-state index in [4.69, 9.17) is 0 Å². The van der Waals surface area contributed by atoms with Crippen molar-refractivity contribution in [2.24, 2.45) is 11.3 Å². The van der Waals surface area contributed by atoms with Gasteiger partial charge >= 0.3 is 0 Å². The molecule has 0 unspecified atom stereocenters. The summed E-state index contributed by atoms with van der Waals surface area (Å²) in [6, 6.07) is 0. The minimum absolute atomic E-state index is 0.464. The first kappa shape index (κ1) is 15.3. The smallest absolute Gasteiger partial charge is 0.0106 e. The molecule has 0 amide bonds. The van der Waals surface area contributed by atoms with E-state index in [0.29, 0.717) is 10.2 Å². The molecule has 0 aromatic carbocycles. The Morgan fingerprint density at radius 2 is 1.53 bits per heavy atom. The fourth-order valence-electron chi connectivity index (χ4n) is 1.99. The Morgan fingerprint density at radius 3 is 1.93 bits per heavy atom. The van der Waals surface area contributed by atoms with Gasteiger partial charge in [-0.05, 0) is 36.3 Å². The third-order valence-corrected chi connectivity index (χ3v) is 3.90. The third kappa shape index (κ3) is 10.6. The van der Waals surface area contributed by atoms with Crippen LogP contribution in [-0.2, 0) is 0 Å². The van der Waals surface area contributed by atoms with Gasteiger partial charge in [0, 0.05) is 4.75 Å². The lowest BCUT2D eigenvalue weighted by atomic mass is 9.91. The summed E-state index contributed by atoms with van der Waals surface area (Å²) in [5, 5.41) is 0. The minimum atomic E-state index is 0.464. The monoisotopic (exact) mass is 230 g/mol. The Hall–Kier alpha value is 0.350. The van der Waals surface area contributed by atoms with Crippen molar-refractivity contribution in [1.29, 1.82) is 0 Å². The third-order valence-electron chi connectivity index (χ3n) is 2.46. The molecule has 0 aromatic heterocycles. The van der Waals surface area contributed by atoms with Crippen LogP contribution in [0.4, 0.5) is 0 Å². The quantitative estimate of drug-likeness (QED) is 0.553. The molecule has 0 aliphatic rings. The molecular formula is C14H30S. The average Bonchev–Trinajstić information content (AvgIpc) is 1.93. The second-order valence-corrected chi connectivity index (χ2v) is 8.67. The maximum atomic E-state index is 2.38. The van der Waals surface area contributed by atoms with Crippen molar-refractivity contribution >= 4 is 11.8 Å². The largest absolute Gasteiger partial charge is 0.156 e. The van der Waals surface area contributed by atoms with Gasteiger partial charge in [0.1, 0.15) is 0 Å². The van der Waals surface area contributed by atoms with Crippen LogP contribution in [0.15, 0.2) is 0 Å². The highest BCUT2D eigenvalue weighted by Crippen LogP contribution is 2.33. The Bertz CT molecular complexity index is 163. The van der Waals surface area contributed by atoms with Gasteiger partial charge in [-0.15, -0.1) is 0 Å². The molecule has 0 rings (SSSR count). The summed E-state index contributed by atoms with van der Waals surface area (Å²) in [5.74, 6) is 2.13. The van der Waals surface area contributed by atoms with Gasteiger partial charge in [0.2, 0.25) is 0 Å². The van der Waals surface area contributed by atoms with Crippen LogP contribution in [0.5, 0.6) is 0 Å². The molecule has 92 valence electrons. The van der Waals surface area contributed by atoms with E-state index in [2.05, 4.69) is 60.2 Å². The first-order chi connectivity index (χ1) is 6.62. The summed E-state index contributed by atoms with van der Waals surface area (Å²) in [5.41, 5.74) is 0.503. The minimum Gasteiger partial charge on any atom is -0.156 e. The molecule has 0 nitrogen and oxygen atoms in total. The number of hydrogen-bond donors (Lipinski definition) is 0. The van der Waals surface area contributed by atoms with Crippen molar-refractivity contribution in [2.75, 3.05) is 5.75 Å². The summed E-state index contributed by atoms with van der Waals surface area (Å²) in [6.07, 6.45) is 4.03. The maximum Gasteiger partial charge on any atom is 0.0106 e. The highest BCUT2D eigenvalue weighted by molar-refractivity contribution is 8.00. The number of hydrogen-bond acceptors (Lipinski definition) is 1. The van der Waals surface area contributed by atoms with Crippen LogP contribution in [0.3, 0.4) is 0 Å². The lowest BCUT2D eigenvalue weighted by molar-refractivity contribution is 0.374. The zero-order chi connectivity index (χ0) is 12.1. The van der Waals surface area contributed by atoms with Crippen LogP contribution in [0.1, 0.15) is 67.7 Å². The molecule has 0 N–H and O–H groups in total. The van der Waals surface area contributed by atoms with Gasteiger partial charge in [0.25, 0.3) is 0 Å². The normalized spacial score (nSPS) is 13.6. The van der Waals surface area contributed by atoms with E-state index in [1.54, 1.807) is 0 Å². The van der Waals surface area contributed by atoms with E-state index in [0.717, 1.165) is 5.92 Å². The zero-order valence-corrected chi connectivity index (χ0v) is 12.6. The SMILES string of the molecule is CC(C)CC(C)(C)SCCCC(C)(C)C. The Labute approximate surface area is 102 Å². The van der Waals surface area contributed by atoms with Gasteiger partial charge in [0.05, 0.1) is 0 Å². The zero-order valence-electron chi connectivity index (χ0n) is 11.8. The van der Waals surface area contributed by atoms with Crippen LogP contribution in [0, 0.1) is 11.3 Å². The van der Waals surface area contributed by atoms with Crippen LogP contribution in [0.2, 0.25) is 0 Å². The van der Waals surface area contributed by atoms with Gasteiger partial charge in [-0.3, -0.25) is 0 Å². The van der Waals surface area contributed by atoms with Gasteiger partial charge in [0.15, 0.2) is 0 Å². The van der Waals surface area contributed by atoms with E-state index in [1.807, 2.05) is 0 Å². The topological polar surface area (TPSA) is 0 Å². The fraction of sp³-hybridized carbons (Fsp3) is 1.00. The number of thioether (sulfide) groups is 1. The van der Waals surface area contributed by atoms with Crippen molar-refractivity contribution in [3.8, 4) is 0 Å². The maximum absolute atomic E-state index is 2.38. The van der Waals surface area contributed by atoms with E-state index in [1.165, 1.54) is 25.0 Å². The lowest BCUT2D eigenvalue weighted by Gasteiger charge is -2.27. The summed E-state index contributed by atoms with van der Waals surface area (Å²) < 4.78 is 0.464. The molecule has 0 saturated carbocycles. The van der Waals surface area contributed by atoms with Gasteiger partial charge in [-0.2, -0.15) is 11.8 Å². The van der Waals surface area contributed by atoms with Crippen molar-refractivity contribution in [1.82, 2.24) is 0 Å². The molecule has 0 heterocycles. The van der Waals surface area contributed by atoms with Crippen LogP contribution in [0.25, 0.3) is 0 Å². The molecule has 0 bridgehead atoms. The number of rotatable bonds is 6. The predicted octanol–water partition coefficient (Wildman–Crippen LogP) is 5.37. The Morgan fingerprint density at radius 1 is 1.00 bits per heavy atom. The summed E-state index contributed by atoms with van der Waals surface area (Å²) >= 11 is 2.15. The van der Waals surface area contributed by atoms with E-state index < -0.39 is 0 Å². The molecule has 0 saturated heterocycles. The van der Waals surface area contributed by atoms with Crippen molar-refractivity contribution in [3.63, 3.8) is 0 Å². The van der Waals surface area contributed by atoms with Crippen molar-refractivity contribution < 1.29 is 0 Å². The second kappa shape index (κ2) is 6.18. The van der Waals surface area contributed by atoms with Crippen molar-refractivity contribution in [2.45, 2.75) is 72.5 Å². The standard InChI is InChI=1S/C14H30S/c1-12(2)11-14(6,7)15-10-8-9-13(3,4)5/h12H,8-11H2,1-7H3. The molecule has 0 radical (unpaired) electrons. The molecule has 15 heavy (non-hydrogen) atoms. The summed E-state index contributed by atoms with van der Waals surface area (Å²) in [7, 11) is 0. The molecule has 0 fully saturated rings. The molecule has 0 aliphatic heterocycles. The van der Waals surface area contributed by atoms with E-state index >= 15 is 0 Å². The fourth-order valence-corrected chi connectivity index (χ4v) is 3.29. The average molecular weight is 230 g/mol. The lowest BCUT2D eigenvalue weighted by Crippen LogP contribution is -2.18. The molecule has 1 heteroatoms. The first-order valence-electron chi connectivity index (χ1n) is 6.26. The predicted molar refractivity (Wildman–Crippen MR) is 74.7 cm³/mol. The van der Waals surface area contributed by atoms with E-state index in [9.17, 15) is 0 Å². The van der Waals surface area contributed by atoms with Crippen molar-refractivity contribution in [3.05, 3.63) is 0 Å². The summed E-state index contributed by atoms with van der Waals surface area (Å²) in [4.78, 5) is 0. The van der Waals surface area contributed by atoms with Crippen LogP contribution < -0.4 is 0 Å². The van der Waals surface area contributed by atoms with Crippen LogP contribution in [-0.4, -0.2) is 10.5 Å². The van der Waals surface area contributed by atoms with Gasteiger partial charge < -0.3 is 0 Å². The molecule has 0 spiro atoms. The molecule has 0 atom stereocenters. The molecular weight excluding hydrogens is 200 g/mol. The Kier molecular flexibility index (Phi) is 6.32. The second-order valence-electron chi connectivity index (χ2n) is 6.87. The highest BCUT2D eigenvalue weighted by atomic mass is 32.2. The molecule has 0 aromatic rings. The van der Waals surface area contributed by atoms with E-state index in [-0.39, 0.29) is 0 Å². The van der Waals surface area contributed by atoms with Gasteiger partial charge in [-0.1, -0.05) is 48.5 Å². The van der Waals surface area contributed by atoms with Crippen LogP contribution >= 0.6 is 11.8 Å². The van der Waals surface area contributed by atoms with Gasteiger partial charge in [-0.25, -0.2) is 0 Å². The molecule has 0 aliphatic carbocycles. The summed E-state index contributed by atoms with van der Waals surface area (Å²) in [6.45, 7) is 16.4. The highest BCUT2D eigenvalue weighted by Gasteiger charge is 2.20. The Balaban J connectivity index is 3.66. The first-order valence-corrected chi connectivity index (χ1v) is 7.25.